The monoisotopic (exact) mass is 517 g/mol. The summed E-state index contributed by atoms with van der Waals surface area (Å²) in [5, 5.41) is 10.6. The van der Waals surface area contributed by atoms with Crippen LogP contribution >= 0.6 is 0 Å². The number of hydrogen-bond donors (Lipinski definition) is 1. The topological polar surface area (TPSA) is 94.4 Å². The molecule has 0 aliphatic heterocycles. The van der Waals surface area contributed by atoms with Crippen molar-refractivity contribution in [3.8, 4) is 28.8 Å². The lowest BCUT2D eigenvalue weighted by atomic mass is 9.81. The number of carboxylic acid groups (broad SMARTS) is 1. The Labute approximate surface area is 226 Å². The second-order valence-corrected chi connectivity index (χ2v) is 8.73. The molecular formula is C32H27N3O4. The quantitative estimate of drug-likeness (QED) is 0.242. The van der Waals surface area contributed by atoms with Gasteiger partial charge in [0.2, 0.25) is 6.10 Å². The summed E-state index contributed by atoms with van der Waals surface area (Å²) in [6, 6.07) is 37.1. The van der Waals surface area contributed by atoms with Crippen LogP contribution < -0.4 is 4.74 Å². The highest BCUT2D eigenvalue weighted by Crippen LogP contribution is 2.39. The van der Waals surface area contributed by atoms with E-state index in [1.54, 1.807) is 0 Å². The highest BCUT2D eigenvalue weighted by atomic mass is 16.6. The van der Waals surface area contributed by atoms with Gasteiger partial charge in [-0.1, -0.05) is 121 Å². The summed E-state index contributed by atoms with van der Waals surface area (Å²) < 4.78 is 12.6. The molecule has 0 bridgehead atoms. The first kappa shape index (κ1) is 25.8. The normalized spacial score (nSPS) is 12.0. The van der Waals surface area contributed by atoms with E-state index < -0.39 is 17.7 Å². The SMILES string of the molecule is CCOC(c1ccccc1)(c1ccccc1)C(Oc1nc(-c2ccccc2)nc(-c2ccccc2)n1)C(=O)O. The summed E-state index contributed by atoms with van der Waals surface area (Å²) in [6.45, 7) is 2.06. The van der Waals surface area contributed by atoms with Gasteiger partial charge in [-0.3, -0.25) is 0 Å². The Kier molecular flexibility index (Phi) is 7.70. The Morgan fingerprint density at radius 3 is 1.49 bits per heavy atom. The number of aromatic nitrogens is 3. The first-order chi connectivity index (χ1) is 19.1. The van der Waals surface area contributed by atoms with Crippen LogP contribution in [0, 0.1) is 0 Å². The van der Waals surface area contributed by atoms with E-state index in [1.165, 1.54) is 0 Å². The number of ether oxygens (including phenoxy) is 2. The summed E-state index contributed by atoms with van der Waals surface area (Å²) in [6.07, 6.45) is -1.53. The number of aliphatic carboxylic acids is 1. The summed E-state index contributed by atoms with van der Waals surface area (Å²) in [5.41, 5.74) is 1.26. The van der Waals surface area contributed by atoms with E-state index >= 15 is 0 Å². The van der Waals surface area contributed by atoms with E-state index in [0.29, 0.717) is 22.8 Å². The van der Waals surface area contributed by atoms with Crippen molar-refractivity contribution in [2.45, 2.75) is 18.6 Å². The molecule has 1 aromatic heterocycles. The van der Waals surface area contributed by atoms with Crippen molar-refractivity contribution in [1.82, 2.24) is 15.0 Å². The minimum atomic E-state index is -1.53. The van der Waals surface area contributed by atoms with Crippen LogP contribution in [0.1, 0.15) is 18.1 Å². The van der Waals surface area contributed by atoms with Gasteiger partial charge in [-0.05, 0) is 18.1 Å². The fourth-order valence-corrected chi connectivity index (χ4v) is 4.57. The number of carboxylic acids is 1. The Morgan fingerprint density at radius 2 is 1.10 bits per heavy atom. The first-order valence-electron chi connectivity index (χ1n) is 12.6. The van der Waals surface area contributed by atoms with Gasteiger partial charge < -0.3 is 14.6 Å². The molecule has 0 saturated carbocycles. The molecule has 0 amide bonds. The van der Waals surface area contributed by atoms with Gasteiger partial charge in [-0.25, -0.2) is 9.78 Å². The summed E-state index contributed by atoms with van der Waals surface area (Å²) in [4.78, 5) is 26.8. The van der Waals surface area contributed by atoms with E-state index in [4.69, 9.17) is 9.47 Å². The third-order valence-electron chi connectivity index (χ3n) is 6.27. The van der Waals surface area contributed by atoms with Crippen LogP contribution in [0.3, 0.4) is 0 Å². The summed E-state index contributed by atoms with van der Waals surface area (Å²) in [7, 11) is 0. The molecule has 0 radical (unpaired) electrons. The predicted octanol–water partition coefficient (Wildman–Crippen LogP) is 6.02. The lowest BCUT2D eigenvalue weighted by Crippen LogP contribution is -2.51. The van der Waals surface area contributed by atoms with Gasteiger partial charge in [0.15, 0.2) is 17.2 Å². The molecule has 0 aliphatic carbocycles. The largest absolute Gasteiger partial charge is 0.478 e. The molecule has 7 heteroatoms. The second kappa shape index (κ2) is 11.7. The van der Waals surface area contributed by atoms with Crippen LogP contribution in [-0.2, 0) is 15.1 Å². The van der Waals surface area contributed by atoms with E-state index in [0.717, 1.165) is 11.1 Å². The zero-order valence-corrected chi connectivity index (χ0v) is 21.3. The van der Waals surface area contributed by atoms with E-state index in [-0.39, 0.29) is 12.6 Å². The minimum absolute atomic E-state index is 0.119. The van der Waals surface area contributed by atoms with Crippen molar-refractivity contribution in [1.29, 1.82) is 0 Å². The van der Waals surface area contributed by atoms with Crippen LogP contribution in [0.15, 0.2) is 121 Å². The maximum atomic E-state index is 13.0. The number of rotatable bonds is 10. The lowest BCUT2D eigenvalue weighted by molar-refractivity contribution is -0.163. The lowest BCUT2D eigenvalue weighted by Gasteiger charge is -2.38. The maximum Gasteiger partial charge on any atom is 0.348 e. The average Bonchev–Trinajstić information content (AvgIpc) is 3.00. The van der Waals surface area contributed by atoms with Crippen molar-refractivity contribution in [2.75, 3.05) is 6.61 Å². The molecule has 5 aromatic rings. The molecule has 5 rings (SSSR count). The molecule has 1 N–H and O–H groups in total. The van der Waals surface area contributed by atoms with Crippen molar-refractivity contribution < 1.29 is 19.4 Å². The van der Waals surface area contributed by atoms with Gasteiger partial charge in [0.05, 0.1) is 0 Å². The molecule has 1 atom stereocenters. The minimum Gasteiger partial charge on any atom is -0.478 e. The molecule has 1 unspecified atom stereocenters. The molecule has 4 aromatic carbocycles. The average molecular weight is 518 g/mol. The molecule has 194 valence electrons. The second-order valence-electron chi connectivity index (χ2n) is 8.73. The molecule has 7 nitrogen and oxygen atoms in total. The zero-order valence-electron chi connectivity index (χ0n) is 21.3. The Balaban J connectivity index is 1.69. The Morgan fingerprint density at radius 1 is 0.692 bits per heavy atom. The van der Waals surface area contributed by atoms with Gasteiger partial charge in [0.25, 0.3) is 0 Å². The van der Waals surface area contributed by atoms with Gasteiger partial charge in [-0.15, -0.1) is 0 Å². The van der Waals surface area contributed by atoms with Crippen LogP contribution in [0.2, 0.25) is 0 Å². The van der Waals surface area contributed by atoms with E-state index in [9.17, 15) is 9.90 Å². The highest BCUT2D eigenvalue weighted by molar-refractivity contribution is 5.76. The van der Waals surface area contributed by atoms with Crippen LogP contribution in [-0.4, -0.2) is 38.7 Å². The summed E-state index contributed by atoms with van der Waals surface area (Å²) >= 11 is 0. The molecule has 0 spiro atoms. The van der Waals surface area contributed by atoms with Crippen molar-refractivity contribution in [3.63, 3.8) is 0 Å². The smallest absolute Gasteiger partial charge is 0.348 e. The molecule has 0 fully saturated rings. The van der Waals surface area contributed by atoms with E-state index in [2.05, 4.69) is 15.0 Å². The van der Waals surface area contributed by atoms with Crippen LogP contribution in [0.4, 0.5) is 0 Å². The summed E-state index contributed by atoms with van der Waals surface area (Å²) in [5.74, 6) is -0.492. The molecular weight excluding hydrogens is 490 g/mol. The third-order valence-corrected chi connectivity index (χ3v) is 6.27. The van der Waals surface area contributed by atoms with Crippen molar-refractivity contribution in [2.24, 2.45) is 0 Å². The fraction of sp³-hybridized carbons (Fsp3) is 0.125. The molecule has 39 heavy (non-hydrogen) atoms. The number of hydrogen-bond acceptors (Lipinski definition) is 6. The van der Waals surface area contributed by atoms with Gasteiger partial charge in [0.1, 0.15) is 0 Å². The Hall–Kier alpha value is -4.88. The maximum absolute atomic E-state index is 13.0. The molecule has 0 saturated heterocycles. The van der Waals surface area contributed by atoms with Crippen molar-refractivity contribution in [3.05, 3.63) is 132 Å². The highest BCUT2D eigenvalue weighted by Gasteiger charge is 2.50. The van der Waals surface area contributed by atoms with E-state index in [1.807, 2.05) is 128 Å². The predicted molar refractivity (Wildman–Crippen MR) is 148 cm³/mol. The third kappa shape index (κ3) is 5.39. The van der Waals surface area contributed by atoms with Gasteiger partial charge in [0, 0.05) is 17.7 Å². The van der Waals surface area contributed by atoms with Crippen molar-refractivity contribution >= 4 is 5.97 Å². The molecule has 1 heterocycles. The number of carbonyl (C=O) groups is 1. The van der Waals surface area contributed by atoms with Crippen LogP contribution in [0.25, 0.3) is 22.8 Å². The number of nitrogens with zero attached hydrogens (tertiary/aromatic N) is 3. The fourth-order valence-electron chi connectivity index (χ4n) is 4.57. The first-order valence-corrected chi connectivity index (χ1v) is 12.6. The van der Waals surface area contributed by atoms with Gasteiger partial charge >= 0.3 is 12.0 Å². The van der Waals surface area contributed by atoms with Gasteiger partial charge in [-0.2, -0.15) is 9.97 Å². The Bertz CT molecular complexity index is 1420. The molecule has 0 aliphatic rings. The van der Waals surface area contributed by atoms with Crippen LogP contribution in [0.5, 0.6) is 6.01 Å². The number of benzene rings is 4. The zero-order chi connectivity index (χ0) is 27.1. The standard InChI is InChI=1S/C32H27N3O4/c1-2-38-32(25-19-11-5-12-20-25,26-21-13-6-14-22-26)27(30(36)37)39-31-34-28(23-15-7-3-8-16-23)33-29(35-31)24-17-9-4-10-18-24/h3-22,27H,2H2,1H3,(H,36,37).